The molecule has 0 radical (unpaired) electrons. The highest BCUT2D eigenvalue weighted by Crippen LogP contribution is 2.24. The van der Waals surface area contributed by atoms with Crippen molar-refractivity contribution >= 4 is 23.1 Å². The molecule has 2 aromatic rings. The smallest absolute Gasteiger partial charge is 0.329 e. The number of anilines is 3. The van der Waals surface area contributed by atoms with Crippen molar-refractivity contribution in [1.82, 2.24) is 14.9 Å². The summed E-state index contributed by atoms with van der Waals surface area (Å²) in [5.41, 5.74) is 0.600. The summed E-state index contributed by atoms with van der Waals surface area (Å²) in [5.74, 6) is 1.24. The molecule has 1 aliphatic heterocycles. The van der Waals surface area contributed by atoms with Gasteiger partial charge in [-0.1, -0.05) is 0 Å². The molecule has 1 aliphatic rings. The average molecular weight is 402 g/mol. The number of ether oxygens (including phenoxy) is 2. The number of rotatable bonds is 9. The predicted molar refractivity (Wildman–Crippen MR) is 110 cm³/mol. The summed E-state index contributed by atoms with van der Waals surface area (Å²) in [5, 5.41) is 17.2. The molecule has 1 aromatic carbocycles. The van der Waals surface area contributed by atoms with Crippen LogP contribution in [0.2, 0.25) is 0 Å². The maximum atomic E-state index is 11.1. The third kappa shape index (κ3) is 6.26. The van der Waals surface area contributed by atoms with Crippen molar-refractivity contribution in [2.24, 2.45) is 0 Å². The Morgan fingerprint density at radius 3 is 2.66 bits per heavy atom. The molecule has 0 spiro atoms. The molecule has 1 saturated heterocycles. The highest BCUT2D eigenvalue weighted by atomic mass is 16.6. The fourth-order valence-electron chi connectivity index (χ4n) is 2.83. The molecular weight excluding hydrogens is 376 g/mol. The van der Waals surface area contributed by atoms with Crippen molar-refractivity contribution < 1.29 is 14.4 Å². The molecule has 10 nitrogen and oxygen atoms in total. The molecule has 1 fully saturated rings. The maximum Gasteiger partial charge on any atom is 0.329 e. The lowest BCUT2D eigenvalue weighted by atomic mass is 10.3. The number of nitrogens with zero attached hydrogens (tertiary/aromatic N) is 4. The van der Waals surface area contributed by atoms with E-state index in [1.807, 2.05) is 38.1 Å². The lowest BCUT2D eigenvalue weighted by molar-refractivity contribution is -0.384. The topological polar surface area (TPSA) is 115 Å². The molecule has 0 saturated carbocycles. The zero-order valence-electron chi connectivity index (χ0n) is 16.6. The Hall–Kier alpha value is -2.98. The average Bonchev–Trinajstić information content (AvgIpc) is 2.70. The minimum Gasteiger partial charge on any atom is -0.492 e. The van der Waals surface area contributed by atoms with E-state index in [0.29, 0.717) is 6.61 Å². The molecule has 10 heteroatoms. The minimum absolute atomic E-state index is 0.00495. The molecule has 2 heterocycles. The van der Waals surface area contributed by atoms with E-state index < -0.39 is 4.92 Å². The van der Waals surface area contributed by atoms with E-state index >= 15 is 0 Å². The van der Waals surface area contributed by atoms with Crippen LogP contribution in [0.4, 0.5) is 23.1 Å². The summed E-state index contributed by atoms with van der Waals surface area (Å²) >= 11 is 0. The molecule has 1 aromatic heterocycles. The molecule has 0 atom stereocenters. The minimum atomic E-state index is -0.502. The van der Waals surface area contributed by atoms with Gasteiger partial charge in [-0.15, -0.1) is 0 Å². The van der Waals surface area contributed by atoms with Crippen LogP contribution < -0.4 is 15.4 Å². The predicted octanol–water partition coefficient (Wildman–Crippen LogP) is 2.66. The third-order valence-corrected chi connectivity index (χ3v) is 4.28. The van der Waals surface area contributed by atoms with Gasteiger partial charge in [-0.25, -0.2) is 4.98 Å². The van der Waals surface area contributed by atoms with Crippen molar-refractivity contribution in [3.05, 3.63) is 40.6 Å². The van der Waals surface area contributed by atoms with Gasteiger partial charge in [-0.05, 0) is 38.1 Å². The van der Waals surface area contributed by atoms with Crippen LogP contribution in [-0.2, 0) is 4.74 Å². The molecule has 0 aliphatic carbocycles. The molecule has 3 rings (SSSR count). The Balaban J connectivity index is 1.56. The monoisotopic (exact) mass is 402 g/mol. The Labute approximate surface area is 169 Å². The third-order valence-electron chi connectivity index (χ3n) is 4.28. The Morgan fingerprint density at radius 1 is 1.28 bits per heavy atom. The molecule has 2 N–H and O–H groups in total. The quantitative estimate of drug-likeness (QED) is 0.482. The molecule has 0 amide bonds. The van der Waals surface area contributed by atoms with Crippen LogP contribution in [0.1, 0.15) is 13.8 Å². The van der Waals surface area contributed by atoms with Gasteiger partial charge in [-0.2, -0.15) is 4.98 Å². The zero-order valence-corrected chi connectivity index (χ0v) is 16.6. The van der Waals surface area contributed by atoms with Crippen molar-refractivity contribution in [3.63, 3.8) is 0 Å². The van der Waals surface area contributed by atoms with E-state index in [1.54, 1.807) is 0 Å². The number of aromatic nitrogens is 2. The molecule has 0 bridgehead atoms. The van der Waals surface area contributed by atoms with Gasteiger partial charge in [0.2, 0.25) is 11.8 Å². The number of hydrogen-bond donors (Lipinski definition) is 2. The Kier molecular flexibility index (Phi) is 7.14. The number of morpholine rings is 1. The van der Waals surface area contributed by atoms with Gasteiger partial charge < -0.3 is 20.1 Å². The first-order valence-electron chi connectivity index (χ1n) is 9.59. The SMILES string of the molecule is CC(C)Nc1nc(Nc2ccc(OCCN3CCOCC3)cc2)ncc1[N+](=O)[O-]. The van der Waals surface area contributed by atoms with Gasteiger partial charge in [0.05, 0.1) is 18.1 Å². The van der Waals surface area contributed by atoms with Gasteiger partial charge in [0.15, 0.2) is 0 Å². The first kappa shape index (κ1) is 20.7. The van der Waals surface area contributed by atoms with Gasteiger partial charge in [0, 0.05) is 31.4 Å². The summed E-state index contributed by atoms with van der Waals surface area (Å²) in [4.78, 5) is 21.2. The molecular formula is C19H26N6O4. The van der Waals surface area contributed by atoms with Crippen molar-refractivity contribution in [1.29, 1.82) is 0 Å². The second-order valence-electron chi connectivity index (χ2n) is 6.94. The maximum absolute atomic E-state index is 11.1. The van der Waals surface area contributed by atoms with Crippen molar-refractivity contribution in [3.8, 4) is 5.75 Å². The highest BCUT2D eigenvalue weighted by molar-refractivity contribution is 5.61. The zero-order chi connectivity index (χ0) is 20.6. The number of nitrogens with one attached hydrogen (secondary N) is 2. The van der Waals surface area contributed by atoms with E-state index in [-0.39, 0.29) is 23.5 Å². The van der Waals surface area contributed by atoms with Crippen LogP contribution in [0.25, 0.3) is 0 Å². The normalized spacial score (nSPS) is 14.6. The van der Waals surface area contributed by atoms with E-state index in [0.717, 1.165) is 44.3 Å². The van der Waals surface area contributed by atoms with Crippen LogP contribution in [0.3, 0.4) is 0 Å². The van der Waals surface area contributed by atoms with Gasteiger partial charge in [-0.3, -0.25) is 15.0 Å². The first-order valence-corrected chi connectivity index (χ1v) is 9.59. The summed E-state index contributed by atoms with van der Waals surface area (Å²) in [6, 6.07) is 7.43. The largest absolute Gasteiger partial charge is 0.492 e. The summed E-state index contributed by atoms with van der Waals surface area (Å²) < 4.78 is 11.1. The number of nitro groups is 1. The number of benzene rings is 1. The summed E-state index contributed by atoms with van der Waals surface area (Å²) in [6.07, 6.45) is 1.20. The van der Waals surface area contributed by atoms with E-state index in [1.165, 1.54) is 6.20 Å². The van der Waals surface area contributed by atoms with Gasteiger partial charge in [0.25, 0.3) is 0 Å². The lowest BCUT2D eigenvalue weighted by Crippen LogP contribution is -2.38. The van der Waals surface area contributed by atoms with Gasteiger partial charge >= 0.3 is 5.69 Å². The fourth-order valence-corrected chi connectivity index (χ4v) is 2.83. The van der Waals surface area contributed by atoms with E-state index in [9.17, 15) is 10.1 Å². The number of hydrogen-bond acceptors (Lipinski definition) is 9. The Morgan fingerprint density at radius 2 is 2.00 bits per heavy atom. The van der Waals surface area contributed by atoms with Gasteiger partial charge in [0.1, 0.15) is 18.6 Å². The van der Waals surface area contributed by atoms with E-state index in [4.69, 9.17) is 9.47 Å². The lowest BCUT2D eigenvalue weighted by Gasteiger charge is -2.26. The first-order chi connectivity index (χ1) is 14.0. The summed E-state index contributed by atoms with van der Waals surface area (Å²) in [7, 11) is 0. The van der Waals surface area contributed by atoms with Crippen LogP contribution >= 0.6 is 0 Å². The fraction of sp³-hybridized carbons (Fsp3) is 0.474. The Bertz CT molecular complexity index is 809. The highest BCUT2D eigenvalue weighted by Gasteiger charge is 2.18. The van der Waals surface area contributed by atoms with Crippen molar-refractivity contribution in [2.45, 2.75) is 19.9 Å². The molecule has 156 valence electrons. The van der Waals surface area contributed by atoms with Crippen LogP contribution in [0.15, 0.2) is 30.5 Å². The molecule has 29 heavy (non-hydrogen) atoms. The van der Waals surface area contributed by atoms with Crippen LogP contribution in [0.5, 0.6) is 5.75 Å². The van der Waals surface area contributed by atoms with Crippen LogP contribution in [0, 0.1) is 10.1 Å². The summed E-state index contributed by atoms with van der Waals surface area (Å²) in [6.45, 7) is 8.69. The van der Waals surface area contributed by atoms with Crippen LogP contribution in [-0.4, -0.2) is 65.3 Å². The second-order valence-corrected chi connectivity index (χ2v) is 6.94. The van der Waals surface area contributed by atoms with Crippen molar-refractivity contribution in [2.75, 3.05) is 50.1 Å². The molecule has 0 unspecified atom stereocenters. The van der Waals surface area contributed by atoms with E-state index in [2.05, 4.69) is 25.5 Å². The standard InChI is InChI=1S/C19H26N6O4/c1-14(2)21-18-17(25(26)27)13-20-19(23-18)22-15-3-5-16(6-4-15)29-12-9-24-7-10-28-11-8-24/h3-6,13-14H,7-12H2,1-2H3,(H2,20,21,22,23). The second kappa shape index (κ2) is 9.99.